The number of ether oxygens (including phenoxy) is 1. The largest absolute Gasteiger partial charge is 0.376 e. The van der Waals surface area contributed by atoms with Gasteiger partial charge in [-0.1, -0.05) is 23.4 Å². The van der Waals surface area contributed by atoms with Gasteiger partial charge in [-0.15, -0.1) is 4.40 Å². The Morgan fingerprint density at radius 1 is 1.50 bits per heavy atom. The summed E-state index contributed by atoms with van der Waals surface area (Å²) in [5.41, 5.74) is 0.400. The van der Waals surface area contributed by atoms with Gasteiger partial charge >= 0.3 is 0 Å². The van der Waals surface area contributed by atoms with Gasteiger partial charge in [0.1, 0.15) is 4.90 Å². The molecule has 0 aromatic heterocycles. The first-order chi connectivity index (χ1) is 11.4. The maximum absolute atomic E-state index is 12.2. The van der Waals surface area contributed by atoms with E-state index in [2.05, 4.69) is 15.0 Å². The van der Waals surface area contributed by atoms with Crippen molar-refractivity contribution in [2.45, 2.75) is 23.8 Å². The van der Waals surface area contributed by atoms with E-state index in [9.17, 15) is 13.2 Å². The Morgan fingerprint density at radius 2 is 2.33 bits per heavy atom. The third-order valence-electron chi connectivity index (χ3n) is 3.56. The van der Waals surface area contributed by atoms with Crippen LogP contribution >= 0.6 is 23.4 Å². The maximum Gasteiger partial charge on any atom is 0.286 e. The first kappa shape index (κ1) is 17.5. The van der Waals surface area contributed by atoms with Crippen molar-refractivity contribution in [2.24, 2.45) is 4.40 Å². The molecule has 0 bridgehead atoms. The summed E-state index contributed by atoms with van der Waals surface area (Å²) in [6, 6.07) is 4.51. The highest BCUT2D eigenvalue weighted by Gasteiger charge is 2.26. The molecule has 1 atom stereocenters. The molecule has 7 nitrogen and oxygen atoms in total. The summed E-state index contributed by atoms with van der Waals surface area (Å²) in [7, 11) is -3.82. The molecule has 3 rings (SSSR count). The SMILES string of the molecule is O=C(CSC1=NS(=O)(=O)c2cc(Cl)ccc2N1)NC[C@@H]1CCCO1. The number of amidine groups is 1. The first-order valence-electron chi connectivity index (χ1n) is 7.37. The van der Waals surface area contributed by atoms with E-state index in [1.54, 1.807) is 12.1 Å². The van der Waals surface area contributed by atoms with Crippen molar-refractivity contribution in [2.75, 3.05) is 24.2 Å². The Hall–Kier alpha value is -1.29. The smallest absolute Gasteiger partial charge is 0.286 e. The van der Waals surface area contributed by atoms with Crippen molar-refractivity contribution in [1.29, 1.82) is 0 Å². The number of thioether (sulfide) groups is 1. The molecule has 2 aliphatic rings. The Kier molecular flexibility index (Phi) is 5.33. The number of sulfonamides is 1. The van der Waals surface area contributed by atoms with Crippen molar-refractivity contribution in [3.8, 4) is 0 Å². The second kappa shape index (κ2) is 7.30. The highest BCUT2D eigenvalue weighted by Crippen LogP contribution is 2.31. The van der Waals surface area contributed by atoms with Gasteiger partial charge in [-0.05, 0) is 31.0 Å². The molecule has 0 spiro atoms. The van der Waals surface area contributed by atoms with Crippen molar-refractivity contribution >= 4 is 50.1 Å². The normalized spacial score (nSPS) is 21.5. The summed E-state index contributed by atoms with van der Waals surface area (Å²) in [4.78, 5) is 11.9. The molecule has 0 aliphatic carbocycles. The van der Waals surface area contributed by atoms with Gasteiger partial charge in [0.05, 0.1) is 17.5 Å². The second-order valence-corrected chi connectivity index (χ2v) is 8.34. The Labute approximate surface area is 149 Å². The lowest BCUT2D eigenvalue weighted by Gasteiger charge is -2.17. The molecule has 0 radical (unpaired) electrons. The molecule has 130 valence electrons. The van der Waals surface area contributed by atoms with Crippen LogP contribution in [0, 0.1) is 0 Å². The molecule has 2 heterocycles. The second-order valence-electron chi connectivity index (χ2n) is 5.36. The van der Waals surface area contributed by atoms with Crippen LogP contribution < -0.4 is 10.6 Å². The average Bonchev–Trinajstić information content (AvgIpc) is 3.05. The van der Waals surface area contributed by atoms with E-state index in [-0.39, 0.29) is 27.8 Å². The lowest BCUT2D eigenvalue weighted by atomic mass is 10.2. The first-order valence-corrected chi connectivity index (χ1v) is 10.2. The summed E-state index contributed by atoms with van der Waals surface area (Å²) in [5.74, 6) is -0.129. The molecule has 1 amide bonds. The number of amides is 1. The molecule has 1 fully saturated rings. The monoisotopic (exact) mass is 389 g/mol. The van der Waals surface area contributed by atoms with Crippen LogP contribution in [0.2, 0.25) is 5.02 Å². The molecular formula is C14H16ClN3O4S2. The minimum Gasteiger partial charge on any atom is -0.376 e. The van der Waals surface area contributed by atoms with Gasteiger partial charge in [0.15, 0.2) is 5.17 Å². The van der Waals surface area contributed by atoms with Crippen LogP contribution in [0.3, 0.4) is 0 Å². The summed E-state index contributed by atoms with van der Waals surface area (Å²) < 4.78 is 33.4. The number of carbonyl (C=O) groups excluding carboxylic acids is 1. The quantitative estimate of drug-likeness (QED) is 0.815. The van der Waals surface area contributed by atoms with Crippen LogP contribution in [-0.4, -0.2) is 44.5 Å². The topological polar surface area (TPSA) is 96.9 Å². The van der Waals surface area contributed by atoms with Crippen LogP contribution in [0.1, 0.15) is 12.8 Å². The summed E-state index contributed by atoms with van der Waals surface area (Å²) in [5, 5.41) is 6.16. The molecule has 1 aromatic rings. The Bertz CT molecular complexity index is 776. The van der Waals surface area contributed by atoms with E-state index in [4.69, 9.17) is 16.3 Å². The summed E-state index contributed by atoms with van der Waals surface area (Å²) >= 11 is 6.85. The van der Waals surface area contributed by atoms with Crippen LogP contribution in [-0.2, 0) is 19.6 Å². The molecular weight excluding hydrogens is 374 g/mol. The van der Waals surface area contributed by atoms with E-state index < -0.39 is 10.0 Å². The number of nitrogens with zero attached hydrogens (tertiary/aromatic N) is 1. The minimum atomic E-state index is -3.82. The Morgan fingerprint density at radius 3 is 3.08 bits per heavy atom. The standard InChI is InChI=1S/C14H16ClN3O4S2/c15-9-3-4-11-12(6-9)24(20,21)18-14(17-11)23-8-13(19)16-7-10-2-1-5-22-10/h3-4,6,10H,1-2,5,7-8H2,(H,16,19)(H,17,18)/t10-/m0/s1. The van der Waals surface area contributed by atoms with E-state index in [1.165, 1.54) is 6.07 Å². The molecule has 10 heteroatoms. The zero-order chi connectivity index (χ0) is 17.2. The van der Waals surface area contributed by atoms with E-state index in [1.807, 2.05) is 0 Å². The van der Waals surface area contributed by atoms with E-state index in [0.29, 0.717) is 17.3 Å². The number of halogens is 1. The lowest BCUT2D eigenvalue weighted by molar-refractivity contribution is -0.119. The van der Waals surface area contributed by atoms with Crippen molar-refractivity contribution in [3.05, 3.63) is 23.2 Å². The van der Waals surface area contributed by atoms with E-state index >= 15 is 0 Å². The van der Waals surface area contributed by atoms with Crippen molar-refractivity contribution in [3.63, 3.8) is 0 Å². The summed E-state index contributed by atoms with van der Waals surface area (Å²) in [6.45, 7) is 1.20. The fourth-order valence-corrected chi connectivity index (χ4v) is 4.72. The molecule has 2 aliphatic heterocycles. The molecule has 0 saturated carbocycles. The number of hydrogen-bond acceptors (Lipinski definition) is 6. The predicted molar refractivity (Wildman–Crippen MR) is 94.1 cm³/mol. The number of hydrogen-bond donors (Lipinski definition) is 2. The fourth-order valence-electron chi connectivity index (χ4n) is 2.39. The number of fused-ring (bicyclic) bond motifs is 1. The van der Waals surface area contributed by atoms with Gasteiger partial charge < -0.3 is 15.4 Å². The minimum absolute atomic E-state index is 0.0298. The molecule has 1 saturated heterocycles. The van der Waals surface area contributed by atoms with Gasteiger partial charge in [0.2, 0.25) is 5.91 Å². The molecule has 0 unspecified atom stereocenters. The zero-order valence-corrected chi connectivity index (χ0v) is 15.0. The van der Waals surface area contributed by atoms with Crippen LogP contribution in [0.4, 0.5) is 5.69 Å². The lowest BCUT2D eigenvalue weighted by Crippen LogP contribution is -2.33. The molecule has 1 aromatic carbocycles. The number of nitrogens with one attached hydrogen (secondary N) is 2. The van der Waals surface area contributed by atoms with E-state index in [0.717, 1.165) is 31.2 Å². The van der Waals surface area contributed by atoms with Crippen molar-refractivity contribution < 1.29 is 17.9 Å². The average molecular weight is 390 g/mol. The highest BCUT2D eigenvalue weighted by molar-refractivity contribution is 8.15. The van der Waals surface area contributed by atoms with Crippen molar-refractivity contribution in [1.82, 2.24) is 5.32 Å². The molecule has 2 N–H and O–H groups in total. The van der Waals surface area contributed by atoms with Gasteiger partial charge in [-0.3, -0.25) is 4.79 Å². The maximum atomic E-state index is 12.2. The predicted octanol–water partition coefficient (Wildman–Crippen LogP) is 1.84. The number of anilines is 1. The highest BCUT2D eigenvalue weighted by atomic mass is 35.5. The Balaban J connectivity index is 1.57. The van der Waals surface area contributed by atoms with Gasteiger partial charge in [0, 0.05) is 18.2 Å². The number of rotatable bonds is 4. The van der Waals surface area contributed by atoms with Gasteiger partial charge in [-0.25, -0.2) is 0 Å². The third-order valence-corrected chi connectivity index (χ3v) is 6.10. The molecule has 24 heavy (non-hydrogen) atoms. The van der Waals surface area contributed by atoms with Crippen LogP contribution in [0.15, 0.2) is 27.5 Å². The van der Waals surface area contributed by atoms with Gasteiger partial charge in [-0.2, -0.15) is 8.42 Å². The fraction of sp³-hybridized carbons (Fsp3) is 0.429. The number of benzene rings is 1. The summed E-state index contributed by atoms with van der Waals surface area (Å²) in [6.07, 6.45) is 2.03. The van der Waals surface area contributed by atoms with Crippen LogP contribution in [0.25, 0.3) is 0 Å². The van der Waals surface area contributed by atoms with Gasteiger partial charge in [0.25, 0.3) is 10.0 Å². The zero-order valence-electron chi connectivity index (χ0n) is 12.6. The van der Waals surface area contributed by atoms with Crippen LogP contribution in [0.5, 0.6) is 0 Å². The third kappa shape index (κ3) is 4.21. The number of carbonyl (C=O) groups is 1.